The number of fused-ring (bicyclic) bond motifs is 1. The number of hydrogen-bond acceptors (Lipinski definition) is 6. The minimum atomic E-state index is -3.82. The van der Waals surface area contributed by atoms with E-state index in [1.54, 1.807) is 25.0 Å². The molecule has 0 aliphatic rings. The summed E-state index contributed by atoms with van der Waals surface area (Å²) in [5.41, 5.74) is 4.09. The summed E-state index contributed by atoms with van der Waals surface area (Å²) in [6.07, 6.45) is 2.80. The topological polar surface area (TPSA) is 92.3 Å². The Morgan fingerprint density at radius 2 is 1.19 bits per heavy atom. The average molecular weight is 666 g/mol. The smallest absolute Gasteiger partial charge is 0.330 e. The van der Waals surface area contributed by atoms with Gasteiger partial charge in [0.05, 0.1) is 40.2 Å². The number of benzene rings is 4. The van der Waals surface area contributed by atoms with Crippen molar-refractivity contribution in [2.45, 2.75) is 10.8 Å². The maximum Gasteiger partial charge on any atom is 0.330 e. The molecule has 47 heavy (non-hydrogen) atoms. The Hall–Kier alpha value is -4.64. The van der Waals surface area contributed by atoms with Crippen LogP contribution in [0.15, 0.2) is 137 Å². The van der Waals surface area contributed by atoms with Gasteiger partial charge in [-0.3, -0.25) is 18.1 Å². The van der Waals surface area contributed by atoms with Crippen molar-refractivity contribution in [2.24, 2.45) is 14.1 Å². The molecule has 10 heteroatoms. The lowest BCUT2D eigenvalue weighted by Gasteiger charge is -2.37. The zero-order chi connectivity index (χ0) is 33.2. The number of thioether (sulfide) groups is 1. The third-order valence-electron chi connectivity index (χ3n) is 8.41. The standard InChI is InChI=1S/C37H35N3O5S2/c1-38-32-24-40(34(27-16-8-4-9-17-27)33(32)35(41)39(2)36(38)42)31(25-45-47(3,43)44)26-46-37(28-18-10-5-11-19-28,29-20-12-6-13-21-29)30-22-14-7-15-23-30/h4-24,31H,25-26H2,1-3H3. The van der Waals surface area contributed by atoms with Crippen molar-refractivity contribution >= 4 is 32.8 Å². The van der Waals surface area contributed by atoms with Gasteiger partial charge < -0.3 is 4.57 Å². The van der Waals surface area contributed by atoms with E-state index in [-0.39, 0.29) is 6.61 Å². The summed E-state index contributed by atoms with van der Waals surface area (Å²) in [7, 11) is -0.726. The molecular weight excluding hydrogens is 631 g/mol. The Bertz CT molecular complexity index is 2130. The van der Waals surface area contributed by atoms with Crippen LogP contribution >= 0.6 is 11.8 Å². The highest BCUT2D eigenvalue weighted by Gasteiger charge is 2.38. The van der Waals surface area contributed by atoms with Gasteiger partial charge in [0.1, 0.15) is 0 Å². The van der Waals surface area contributed by atoms with E-state index < -0.39 is 32.2 Å². The molecule has 0 fully saturated rings. The molecule has 0 saturated carbocycles. The van der Waals surface area contributed by atoms with Crippen LogP contribution < -0.4 is 11.2 Å². The minimum absolute atomic E-state index is 0.185. The summed E-state index contributed by atoms with van der Waals surface area (Å²) in [6, 6.07) is 39.6. The third kappa shape index (κ3) is 6.24. The number of nitrogens with zero attached hydrogens (tertiary/aromatic N) is 3. The van der Waals surface area contributed by atoms with E-state index in [2.05, 4.69) is 36.4 Å². The van der Waals surface area contributed by atoms with Crippen molar-refractivity contribution in [1.82, 2.24) is 13.7 Å². The van der Waals surface area contributed by atoms with Crippen LogP contribution in [0, 0.1) is 0 Å². The molecule has 0 bridgehead atoms. The molecule has 0 saturated heterocycles. The van der Waals surface area contributed by atoms with E-state index in [9.17, 15) is 18.0 Å². The second kappa shape index (κ2) is 13.2. The number of aromatic nitrogens is 3. The Kier molecular flexibility index (Phi) is 9.09. The van der Waals surface area contributed by atoms with Crippen molar-refractivity contribution in [3.05, 3.63) is 165 Å². The van der Waals surface area contributed by atoms with Gasteiger partial charge in [-0.1, -0.05) is 121 Å². The fourth-order valence-electron chi connectivity index (χ4n) is 6.14. The van der Waals surface area contributed by atoms with Crippen LogP contribution in [0.1, 0.15) is 22.7 Å². The van der Waals surface area contributed by atoms with Gasteiger partial charge in [0.25, 0.3) is 15.7 Å². The van der Waals surface area contributed by atoms with Gasteiger partial charge in [-0.05, 0) is 22.3 Å². The maximum absolute atomic E-state index is 13.7. The molecule has 1 unspecified atom stereocenters. The largest absolute Gasteiger partial charge is 0.338 e. The minimum Gasteiger partial charge on any atom is -0.338 e. The van der Waals surface area contributed by atoms with Gasteiger partial charge >= 0.3 is 5.69 Å². The SMILES string of the molecule is Cn1c(=O)c2c(-c3ccccc3)n(C(COS(C)(=O)=O)CSC(c3ccccc3)(c3ccccc3)c3ccccc3)cc2n(C)c1=O. The van der Waals surface area contributed by atoms with Gasteiger partial charge in [0.15, 0.2) is 0 Å². The van der Waals surface area contributed by atoms with Crippen molar-refractivity contribution in [2.75, 3.05) is 18.6 Å². The van der Waals surface area contributed by atoms with E-state index in [4.69, 9.17) is 4.18 Å². The van der Waals surface area contributed by atoms with E-state index in [1.807, 2.05) is 89.5 Å². The molecule has 0 spiro atoms. The molecule has 4 aromatic carbocycles. The predicted molar refractivity (Wildman–Crippen MR) is 189 cm³/mol. The molecule has 1 atom stereocenters. The van der Waals surface area contributed by atoms with E-state index in [0.717, 1.165) is 33.1 Å². The van der Waals surface area contributed by atoms with Crippen LogP contribution in [0.25, 0.3) is 22.2 Å². The van der Waals surface area contributed by atoms with Crippen molar-refractivity contribution in [1.29, 1.82) is 0 Å². The van der Waals surface area contributed by atoms with E-state index in [0.29, 0.717) is 22.3 Å². The first-order chi connectivity index (χ1) is 22.6. The van der Waals surface area contributed by atoms with Crippen molar-refractivity contribution in [3.8, 4) is 11.3 Å². The molecule has 0 N–H and O–H groups in total. The molecule has 6 aromatic rings. The Morgan fingerprint density at radius 1 is 0.723 bits per heavy atom. The molecule has 2 aromatic heterocycles. The maximum atomic E-state index is 13.7. The molecule has 6 rings (SSSR count). The molecule has 0 amide bonds. The van der Waals surface area contributed by atoms with Gasteiger partial charge in [0.2, 0.25) is 0 Å². The molecule has 2 heterocycles. The predicted octanol–water partition coefficient (Wildman–Crippen LogP) is 5.95. The summed E-state index contributed by atoms with van der Waals surface area (Å²) in [6.45, 7) is -0.185. The van der Waals surface area contributed by atoms with Crippen LogP contribution in [0.2, 0.25) is 0 Å². The molecule has 0 radical (unpaired) electrons. The zero-order valence-corrected chi connectivity index (χ0v) is 27.9. The van der Waals surface area contributed by atoms with Gasteiger partial charge in [0, 0.05) is 26.0 Å². The lowest BCUT2D eigenvalue weighted by atomic mass is 9.84. The van der Waals surface area contributed by atoms with Gasteiger partial charge in [-0.15, -0.1) is 11.8 Å². The van der Waals surface area contributed by atoms with Crippen LogP contribution in [0.3, 0.4) is 0 Å². The monoisotopic (exact) mass is 665 g/mol. The van der Waals surface area contributed by atoms with Gasteiger partial charge in [-0.2, -0.15) is 8.42 Å². The Balaban J connectivity index is 1.59. The number of rotatable bonds is 11. The second-order valence-corrected chi connectivity index (χ2v) is 14.3. The molecule has 0 aliphatic heterocycles. The molecule has 8 nitrogen and oxygen atoms in total. The van der Waals surface area contributed by atoms with Crippen LogP contribution in [-0.2, 0) is 33.1 Å². The quantitative estimate of drug-likeness (QED) is 0.126. The van der Waals surface area contributed by atoms with Crippen LogP contribution in [0.5, 0.6) is 0 Å². The van der Waals surface area contributed by atoms with Crippen molar-refractivity contribution < 1.29 is 12.6 Å². The first kappa shape index (κ1) is 32.3. The summed E-state index contributed by atoms with van der Waals surface area (Å²) in [5, 5.41) is 0.371. The summed E-state index contributed by atoms with van der Waals surface area (Å²) in [5.74, 6) is 0.378. The summed E-state index contributed by atoms with van der Waals surface area (Å²) >= 11 is 1.66. The van der Waals surface area contributed by atoms with Gasteiger partial charge in [-0.25, -0.2) is 4.79 Å². The fraction of sp³-hybridized carbons (Fsp3) is 0.189. The second-order valence-electron chi connectivity index (χ2n) is 11.4. The average Bonchev–Trinajstić information content (AvgIpc) is 3.50. The summed E-state index contributed by atoms with van der Waals surface area (Å²) < 4.78 is 34.1. The molecule has 240 valence electrons. The Labute approximate surface area is 278 Å². The highest BCUT2D eigenvalue weighted by atomic mass is 32.2. The first-order valence-electron chi connectivity index (χ1n) is 15.1. The lowest BCUT2D eigenvalue weighted by Crippen LogP contribution is -2.36. The van der Waals surface area contributed by atoms with Crippen molar-refractivity contribution in [3.63, 3.8) is 0 Å². The Morgan fingerprint density at radius 3 is 1.66 bits per heavy atom. The number of aryl methyl sites for hydroxylation is 1. The van der Waals surface area contributed by atoms with E-state index in [1.165, 1.54) is 11.6 Å². The van der Waals surface area contributed by atoms with Crippen LogP contribution in [0.4, 0.5) is 0 Å². The third-order valence-corrected chi connectivity index (χ3v) is 10.7. The molecular formula is C37H35N3O5S2. The fourth-order valence-corrected chi connectivity index (χ4v) is 8.15. The highest BCUT2D eigenvalue weighted by molar-refractivity contribution is 8.00. The number of hydrogen-bond donors (Lipinski definition) is 0. The lowest BCUT2D eigenvalue weighted by molar-refractivity contribution is 0.271. The zero-order valence-electron chi connectivity index (χ0n) is 26.3. The summed E-state index contributed by atoms with van der Waals surface area (Å²) in [4.78, 5) is 26.7. The van der Waals surface area contributed by atoms with E-state index >= 15 is 0 Å². The highest BCUT2D eigenvalue weighted by Crippen LogP contribution is 2.49. The normalized spacial score (nSPS) is 12.7. The van der Waals surface area contributed by atoms with Crippen LogP contribution in [-0.4, -0.2) is 40.7 Å². The first-order valence-corrected chi connectivity index (χ1v) is 17.9. The molecule has 0 aliphatic carbocycles.